The number of halogens is 1. The molecule has 0 N–H and O–H groups in total. The van der Waals surface area contributed by atoms with Crippen LogP contribution in [0, 0.1) is 0 Å². The van der Waals surface area contributed by atoms with Crippen LogP contribution in [0.25, 0.3) is 23.1 Å². The van der Waals surface area contributed by atoms with Crippen molar-refractivity contribution in [1.82, 2.24) is 0 Å². The Hall–Kier alpha value is -3.63. The van der Waals surface area contributed by atoms with Crippen molar-refractivity contribution in [2.45, 2.75) is 26.2 Å². The Morgan fingerprint density at radius 1 is 0.800 bits per heavy atom. The average Bonchev–Trinajstić information content (AvgIpc) is 3.45. The summed E-state index contributed by atoms with van der Waals surface area (Å²) in [6.07, 6.45) is 3.76. The summed E-state index contributed by atoms with van der Waals surface area (Å²) in [5, 5.41) is 0. The minimum Gasteiger partial charge on any atom is -0.457 e. The van der Waals surface area contributed by atoms with E-state index < -0.39 is 0 Å². The fraction of sp³-hybridized carbons (Fsp3) is 0.129. The van der Waals surface area contributed by atoms with Gasteiger partial charge >= 0.3 is 0 Å². The lowest BCUT2D eigenvalue weighted by Crippen LogP contribution is -2.25. The number of furan rings is 1. The van der Waals surface area contributed by atoms with Gasteiger partial charge in [0.1, 0.15) is 11.5 Å². The van der Waals surface area contributed by atoms with Gasteiger partial charge in [0.05, 0.1) is 5.70 Å². The Morgan fingerprint density at radius 3 is 2.14 bits per heavy atom. The van der Waals surface area contributed by atoms with Crippen molar-refractivity contribution in [3.05, 3.63) is 124 Å². The van der Waals surface area contributed by atoms with Crippen molar-refractivity contribution in [3.63, 3.8) is 0 Å². The number of hydrogen-bond acceptors (Lipinski definition) is 2. The third-order valence-corrected chi connectivity index (χ3v) is 6.63. The molecule has 4 aromatic rings. The average molecular weight is 524 g/mol. The molecule has 0 bridgehead atoms. The highest BCUT2D eigenvalue weighted by Crippen LogP contribution is 2.36. The number of amides is 1. The maximum atomic E-state index is 13.6. The van der Waals surface area contributed by atoms with Crippen molar-refractivity contribution in [2.75, 3.05) is 4.90 Å². The largest absolute Gasteiger partial charge is 0.457 e. The van der Waals surface area contributed by atoms with Crippen LogP contribution in [0.3, 0.4) is 0 Å². The second kappa shape index (κ2) is 9.20. The minimum atomic E-state index is -0.0750. The van der Waals surface area contributed by atoms with E-state index in [2.05, 4.69) is 48.8 Å². The number of carbonyl (C=O) groups excluding carboxylic acids is 1. The molecule has 5 rings (SSSR count). The zero-order valence-corrected chi connectivity index (χ0v) is 21.5. The first-order valence-corrected chi connectivity index (χ1v) is 12.4. The van der Waals surface area contributed by atoms with Crippen LogP contribution in [0.1, 0.15) is 37.7 Å². The highest BCUT2D eigenvalue weighted by molar-refractivity contribution is 9.10. The van der Waals surface area contributed by atoms with E-state index in [0.29, 0.717) is 11.3 Å². The van der Waals surface area contributed by atoms with E-state index in [-0.39, 0.29) is 11.3 Å². The standard InChI is InChI=1S/C31H26BrNO2/c1-31(2,3)24-11-15-26(16-12-24)33-28(21-7-5-4-6-8-21)20-23(30(33)34)19-27-17-18-29(35-27)22-9-13-25(32)14-10-22/h4-20H,1-3H3/b23-19+. The van der Waals surface area contributed by atoms with E-state index in [4.69, 9.17) is 4.42 Å². The molecule has 3 aromatic carbocycles. The number of anilines is 1. The van der Waals surface area contributed by atoms with Gasteiger partial charge in [0.15, 0.2) is 0 Å². The third kappa shape index (κ3) is 4.80. The second-order valence-electron chi connectivity index (χ2n) is 9.64. The summed E-state index contributed by atoms with van der Waals surface area (Å²) >= 11 is 3.46. The quantitative estimate of drug-likeness (QED) is 0.251. The predicted molar refractivity (Wildman–Crippen MR) is 147 cm³/mol. The molecule has 0 aliphatic carbocycles. The molecule has 0 fully saturated rings. The Labute approximate surface area is 214 Å². The zero-order valence-electron chi connectivity index (χ0n) is 20.0. The first-order chi connectivity index (χ1) is 16.8. The fourth-order valence-corrected chi connectivity index (χ4v) is 4.42. The molecule has 0 saturated heterocycles. The SMILES string of the molecule is CC(C)(C)c1ccc(N2C(=O)/C(=C/c3ccc(-c4ccc(Br)cc4)o3)C=C2c2ccccc2)cc1. The molecule has 0 radical (unpaired) electrons. The molecular weight excluding hydrogens is 498 g/mol. The van der Waals surface area contributed by atoms with Gasteiger partial charge in [-0.1, -0.05) is 91.3 Å². The lowest BCUT2D eigenvalue weighted by Gasteiger charge is -2.23. The lowest BCUT2D eigenvalue weighted by atomic mass is 9.87. The molecule has 1 aliphatic heterocycles. The molecule has 2 heterocycles. The maximum Gasteiger partial charge on any atom is 0.263 e. The van der Waals surface area contributed by atoms with Gasteiger partial charge in [-0.15, -0.1) is 0 Å². The van der Waals surface area contributed by atoms with Gasteiger partial charge in [0.25, 0.3) is 5.91 Å². The van der Waals surface area contributed by atoms with Crippen LogP contribution in [0.4, 0.5) is 5.69 Å². The predicted octanol–water partition coefficient (Wildman–Crippen LogP) is 8.48. The summed E-state index contributed by atoms with van der Waals surface area (Å²) in [7, 11) is 0. The molecule has 0 saturated carbocycles. The van der Waals surface area contributed by atoms with E-state index in [1.54, 1.807) is 4.90 Å². The topological polar surface area (TPSA) is 33.5 Å². The van der Waals surface area contributed by atoms with Crippen molar-refractivity contribution >= 4 is 39.3 Å². The van der Waals surface area contributed by atoms with Crippen LogP contribution in [0.5, 0.6) is 0 Å². The Bertz CT molecular complexity index is 1420. The van der Waals surface area contributed by atoms with E-state index in [9.17, 15) is 4.79 Å². The highest BCUT2D eigenvalue weighted by atomic mass is 79.9. The molecule has 0 spiro atoms. The minimum absolute atomic E-state index is 0.0442. The lowest BCUT2D eigenvalue weighted by molar-refractivity contribution is -0.113. The molecule has 1 aliphatic rings. The van der Waals surface area contributed by atoms with Crippen LogP contribution in [-0.4, -0.2) is 5.91 Å². The van der Waals surface area contributed by atoms with Crippen LogP contribution >= 0.6 is 15.9 Å². The summed E-state index contributed by atoms with van der Waals surface area (Å²) in [4.78, 5) is 15.4. The van der Waals surface area contributed by atoms with Crippen LogP contribution in [0.2, 0.25) is 0 Å². The highest BCUT2D eigenvalue weighted by Gasteiger charge is 2.31. The van der Waals surface area contributed by atoms with Gasteiger partial charge in [0.2, 0.25) is 0 Å². The molecular formula is C31H26BrNO2. The van der Waals surface area contributed by atoms with Crippen LogP contribution < -0.4 is 4.90 Å². The Kier molecular flexibility index (Phi) is 6.08. The summed E-state index contributed by atoms with van der Waals surface area (Å²) in [5.41, 5.74) is 5.52. The molecule has 1 amide bonds. The smallest absolute Gasteiger partial charge is 0.263 e. The normalized spacial score (nSPS) is 15.1. The molecule has 174 valence electrons. The van der Waals surface area contributed by atoms with Gasteiger partial charge in [0, 0.05) is 21.3 Å². The fourth-order valence-electron chi connectivity index (χ4n) is 4.16. The second-order valence-corrected chi connectivity index (χ2v) is 10.6. The molecule has 35 heavy (non-hydrogen) atoms. The van der Waals surface area contributed by atoms with Crippen molar-refractivity contribution < 1.29 is 9.21 Å². The Balaban J connectivity index is 1.52. The van der Waals surface area contributed by atoms with Gasteiger partial charge in [-0.25, -0.2) is 0 Å². The number of carbonyl (C=O) groups is 1. The van der Waals surface area contributed by atoms with Crippen LogP contribution in [0.15, 0.2) is 112 Å². The van der Waals surface area contributed by atoms with E-state index in [0.717, 1.165) is 32.7 Å². The number of benzene rings is 3. The molecule has 3 nitrogen and oxygen atoms in total. The van der Waals surface area contributed by atoms with Gasteiger partial charge in [-0.3, -0.25) is 9.69 Å². The van der Waals surface area contributed by atoms with Crippen molar-refractivity contribution in [2.24, 2.45) is 0 Å². The monoisotopic (exact) mass is 523 g/mol. The third-order valence-electron chi connectivity index (χ3n) is 6.10. The van der Waals surface area contributed by atoms with Gasteiger partial charge in [-0.05, 0) is 65.1 Å². The van der Waals surface area contributed by atoms with Gasteiger partial charge < -0.3 is 4.42 Å². The number of hydrogen-bond donors (Lipinski definition) is 0. The molecule has 0 unspecified atom stereocenters. The first-order valence-electron chi connectivity index (χ1n) is 11.6. The van der Waals surface area contributed by atoms with Crippen molar-refractivity contribution in [1.29, 1.82) is 0 Å². The Morgan fingerprint density at radius 2 is 1.49 bits per heavy atom. The molecule has 0 atom stereocenters. The summed E-state index contributed by atoms with van der Waals surface area (Å²) in [6.45, 7) is 6.56. The zero-order chi connectivity index (χ0) is 24.6. The molecule has 1 aromatic heterocycles. The summed E-state index contributed by atoms with van der Waals surface area (Å²) in [5.74, 6) is 1.32. The number of nitrogens with zero attached hydrogens (tertiary/aromatic N) is 1. The number of rotatable bonds is 4. The van der Waals surface area contributed by atoms with Crippen molar-refractivity contribution in [3.8, 4) is 11.3 Å². The first kappa shape index (κ1) is 23.1. The van der Waals surface area contributed by atoms with Gasteiger partial charge in [-0.2, -0.15) is 0 Å². The summed E-state index contributed by atoms with van der Waals surface area (Å²) in [6, 6.07) is 30.0. The van der Waals surface area contributed by atoms with E-state index >= 15 is 0 Å². The van der Waals surface area contributed by atoms with E-state index in [1.165, 1.54) is 5.56 Å². The maximum absolute atomic E-state index is 13.6. The summed E-state index contributed by atoms with van der Waals surface area (Å²) < 4.78 is 7.08. The van der Waals surface area contributed by atoms with Crippen LogP contribution in [-0.2, 0) is 10.2 Å². The molecule has 4 heteroatoms. The van der Waals surface area contributed by atoms with E-state index in [1.807, 2.05) is 91.0 Å².